The van der Waals surface area contributed by atoms with E-state index in [-0.39, 0.29) is 32.3 Å². The van der Waals surface area contributed by atoms with E-state index >= 15 is 0 Å². The normalized spacial score (nSPS) is 21.4. The number of aliphatic hydroxyl groups excluding tert-OH is 2. The number of ether oxygens (including phenoxy) is 6. The summed E-state index contributed by atoms with van der Waals surface area (Å²) >= 11 is 0. The van der Waals surface area contributed by atoms with E-state index in [1.54, 1.807) is 7.11 Å². The summed E-state index contributed by atoms with van der Waals surface area (Å²) in [5.74, 6) is -0.487. The van der Waals surface area contributed by atoms with Crippen LogP contribution >= 0.6 is 0 Å². The number of carbonyl (C=O) groups is 2. The second-order valence-electron chi connectivity index (χ2n) is 13.2. The van der Waals surface area contributed by atoms with Crippen molar-refractivity contribution in [1.82, 2.24) is 0 Å². The van der Waals surface area contributed by atoms with Crippen LogP contribution in [0.25, 0.3) is 0 Å². The highest BCUT2D eigenvalue weighted by Gasteiger charge is 2.48. The zero-order valence-corrected chi connectivity index (χ0v) is 31.0. The number of carbonyl (C=O) groups excluding carboxylic acids is 2. The molecule has 286 valence electrons. The number of rotatable bonds is 31. The van der Waals surface area contributed by atoms with E-state index in [0.717, 1.165) is 44.9 Å². The van der Waals surface area contributed by atoms with Gasteiger partial charge in [-0.15, -0.1) is 0 Å². The monoisotopic (exact) mass is 698 g/mol. The molecule has 0 aromatic carbocycles. The van der Waals surface area contributed by atoms with Crippen LogP contribution in [0.4, 0.5) is 4.79 Å². The van der Waals surface area contributed by atoms with Gasteiger partial charge in [0, 0.05) is 20.1 Å². The van der Waals surface area contributed by atoms with Gasteiger partial charge in [0.15, 0.2) is 12.4 Å². The molecule has 2 N–H and O–H groups in total. The maximum Gasteiger partial charge on any atom is 0.508 e. The van der Waals surface area contributed by atoms with Crippen molar-refractivity contribution in [1.29, 1.82) is 0 Å². The Morgan fingerprint density at radius 3 is 2.00 bits per heavy atom. The van der Waals surface area contributed by atoms with E-state index in [9.17, 15) is 19.8 Å². The van der Waals surface area contributed by atoms with Crippen LogP contribution in [-0.2, 0) is 33.2 Å². The van der Waals surface area contributed by atoms with Crippen LogP contribution in [0, 0.1) is 0 Å². The molecule has 0 saturated carbocycles. The van der Waals surface area contributed by atoms with Gasteiger partial charge in [-0.25, -0.2) is 4.79 Å². The average Bonchev–Trinajstić information content (AvgIpc) is 3.09. The molecular weight excluding hydrogens is 628 g/mol. The van der Waals surface area contributed by atoms with Gasteiger partial charge in [-0.1, -0.05) is 122 Å². The standard InChI is InChI=1S/C39H70O10/c1-5-8-10-12-13-14-15-16-17-18-19-20-21-23-25-27-34(40)49-37-36(45-30-28-32(44-4)26-24-22-11-9-6-2)35(41)33(48-38(37)42)31-47-39(43)46-29-7-3/h7,14-15,32-33,35-38,41-42H,3,5-6,8-13,16-31H2,1-2,4H3/b15-14-/t32-,33-,35-,36+,37-,38?/m1/s1. The maximum atomic E-state index is 12.8. The number of hydrogen-bond donors (Lipinski definition) is 2. The van der Waals surface area contributed by atoms with Gasteiger partial charge in [0.25, 0.3) is 0 Å². The smallest absolute Gasteiger partial charge is 0.454 e. The van der Waals surface area contributed by atoms with Crippen molar-refractivity contribution in [2.45, 2.75) is 185 Å². The molecular formula is C39H70O10. The van der Waals surface area contributed by atoms with E-state index in [0.29, 0.717) is 12.8 Å². The highest BCUT2D eigenvalue weighted by molar-refractivity contribution is 5.69. The molecule has 0 aliphatic carbocycles. The lowest BCUT2D eigenvalue weighted by molar-refractivity contribution is -0.298. The highest BCUT2D eigenvalue weighted by Crippen LogP contribution is 2.27. The van der Waals surface area contributed by atoms with Gasteiger partial charge in [0.1, 0.15) is 31.5 Å². The first-order valence-electron chi connectivity index (χ1n) is 19.3. The van der Waals surface area contributed by atoms with Crippen molar-refractivity contribution in [3.63, 3.8) is 0 Å². The molecule has 0 spiro atoms. The highest BCUT2D eigenvalue weighted by atomic mass is 16.7. The first-order chi connectivity index (χ1) is 23.9. The predicted molar refractivity (Wildman–Crippen MR) is 192 cm³/mol. The fourth-order valence-corrected chi connectivity index (χ4v) is 5.92. The van der Waals surface area contributed by atoms with Crippen LogP contribution in [-0.4, -0.2) is 86.1 Å². The van der Waals surface area contributed by atoms with E-state index < -0.39 is 42.8 Å². The summed E-state index contributed by atoms with van der Waals surface area (Å²) in [4.78, 5) is 24.6. The molecule has 0 amide bonds. The molecule has 1 heterocycles. The third kappa shape index (κ3) is 22.5. The Hall–Kier alpha value is -1.98. The minimum absolute atomic E-state index is 0.0229. The van der Waals surface area contributed by atoms with Crippen LogP contribution < -0.4 is 0 Å². The number of unbranched alkanes of at least 4 members (excludes halogenated alkanes) is 15. The van der Waals surface area contributed by atoms with Crippen molar-refractivity contribution < 1.29 is 48.2 Å². The largest absolute Gasteiger partial charge is 0.508 e. The van der Waals surface area contributed by atoms with Crippen molar-refractivity contribution in [2.24, 2.45) is 0 Å². The lowest BCUT2D eigenvalue weighted by Gasteiger charge is -2.41. The lowest BCUT2D eigenvalue weighted by atomic mass is 9.98. The van der Waals surface area contributed by atoms with Gasteiger partial charge >= 0.3 is 12.1 Å². The Labute approximate surface area is 297 Å². The number of hydrogen-bond acceptors (Lipinski definition) is 10. The molecule has 0 radical (unpaired) electrons. The van der Waals surface area contributed by atoms with Crippen molar-refractivity contribution >= 4 is 12.1 Å². The molecule has 1 saturated heterocycles. The van der Waals surface area contributed by atoms with Crippen molar-refractivity contribution in [3.8, 4) is 0 Å². The van der Waals surface area contributed by atoms with Crippen LogP contribution in [0.1, 0.15) is 149 Å². The molecule has 0 aromatic rings. The maximum absolute atomic E-state index is 12.8. The molecule has 1 aliphatic rings. The molecule has 1 rings (SSSR count). The van der Waals surface area contributed by atoms with Crippen molar-refractivity contribution in [3.05, 3.63) is 24.8 Å². The second kappa shape index (κ2) is 30.8. The van der Waals surface area contributed by atoms with Crippen LogP contribution in [0.3, 0.4) is 0 Å². The molecule has 10 nitrogen and oxygen atoms in total. The number of aliphatic hydroxyl groups is 2. The van der Waals surface area contributed by atoms with Gasteiger partial charge in [-0.05, 0) is 44.9 Å². The van der Waals surface area contributed by atoms with E-state index in [2.05, 4.69) is 32.6 Å². The Bertz CT molecular complexity index is 850. The molecule has 1 aliphatic heterocycles. The van der Waals surface area contributed by atoms with Crippen LogP contribution in [0.2, 0.25) is 0 Å². The summed E-state index contributed by atoms with van der Waals surface area (Å²) in [7, 11) is 1.67. The van der Waals surface area contributed by atoms with E-state index in [4.69, 9.17) is 28.4 Å². The van der Waals surface area contributed by atoms with E-state index in [1.807, 2.05) is 0 Å². The number of esters is 1. The first kappa shape index (κ1) is 45.0. The molecule has 1 unspecified atom stereocenters. The quantitative estimate of drug-likeness (QED) is 0.0413. The summed E-state index contributed by atoms with van der Waals surface area (Å²) in [6.07, 6.45) is 21.1. The fraction of sp³-hybridized carbons (Fsp3) is 0.846. The van der Waals surface area contributed by atoms with Gasteiger partial charge in [-0.2, -0.15) is 0 Å². The van der Waals surface area contributed by atoms with Crippen molar-refractivity contribution in [2.75, 3.05) is 26.9 Å². The third-order valence-corrected chi connectivity index (χ3v) is 8.94. The zero-order chi connectivity index (χ0) is 36.0. The summed E-state index contributed by atoms with van der Waals surface area (Å²) in [5.41, 5.74) is 0. The topological polar surface area (TPSA) is 130 Å². The van der Waals surface area contributed by atoms with Crippen LogP contribution in [0.15, 0.2) is 24.8 Å². The lowest BCUT2D eigenvalue weighted by Crippen LogP contribution is -2.61. The van der Waals surface area contributed by atoms with E-state index in [1.165, 1.54) is 76.7 Å². The molecule has 10 heteroatoms. The Kier molecular flexibility index (Phi) is 28.3. The zero-order valence-electron chi connectivity index (χ0n) is 31.0. The van der Waals surface area contributed by atoms with Gasteiger partial charge in [0.2, 0.25) is 0 Å². The predicted octanol–water partition coefficient (Wildman–Crippen LogP) is 8.50. The molecule has 0 aromatic heterocycles. The fourth-order valence-electron chi connectivity index (χ4n) is 5.92. The Morgan fingerprint density at radius 2 is 1.37 bits per heavy atom. The average molecular weight is 699 g/mol. The SMILES string of the molecule is C=CCOC(=O)OC[C@H]1OC(O)[C@H](OC(=O)CCCCCCCCC/C=C\CCCCCC)[C@@H](OCC[C@@H](CCCCCCC)OC)[C@@H]1O. The Balaban J connectivity index is 2.52. The molecule has 0 bridgehead atoms. The molecule has 49 heavy (non-hydrogen) atoms. The van der Waals surface area contributed by atoms with Gasteiger partial charge in [-0.3, -0.25) is 4.79 Å². The molecule has 6 atom stereocenters. The van der Waals surface area contributed by atoms with Crippen LogP contribution in [0.5, 0.6) is 0 Å². The minimum Gasteiger partial charge on any atom is -0.454 e. The second-order valence-corrected chi connectivity index (χ2v) is 13.2. The summed E-state index contributed by atoms with van der Waals surface area (Å²) in [5, 5.41) is 22.0. The summed E-state index contributed by atoms with van der Waals surface area (Å²) in [6, 6.07) is 0. The molecule has 1 fully saturated rings. The minimum atomic E-state index is -1.58. The first-order valence-corrected chi connectivity index (χ1v) is 19.3. The Morgan fingerprint density at radius 1 is 0.776 bits per heavy atom. The van der Waals surface area contributed by atoms with Gasteiger partial charge < -0.3 is 38.6 Å². The number of methoxy groups -OCH3 is 1. The summed E-state index contributed by atoms with van der Waals surface area (Å²) in [6.45, 7) is 7.69. The summed E-state index contributed by atoms with van der Waals surface area (Å²) < 4.78 is 32.7. The third-order valence-electron chi connectivity index (χ3n) is 8.94. The van der Waals surface area contributed by atoms with Gasteiger partial charge in [0.05, 0.1) is 6.10 Å². The number of allylic oxidation sites excluding steroid dienone is 2.